The predicted molar refractivity (Wildman–Crippen MR) is 119 cm³/mol. The molecule has 0 aliphatic heterocycles. The third-order valence-corrected chi connectivity index (χ3v) is 4.86. The first-order chi connectivity index (χ1) is 15.0. The second kappa shape index (κ2) is 10.5. The van der Waals surface area contributed by atoms with Crippen molar-refractivity contribution < 1.29 is 24.5 Å². The molecule has 0 aliphatic rings. The molecule has 0 saturated heterocycles. The molecular formula is C25H27NO5. The van der Waals surface area contributed by atoms with Gasteiger partial charge in [-0.2, -0.15) is 0 Å². The van der Waals surface area contributed by atoms with Gasteiger partial charge < -0.3 is 19.7 Å². The fraction of sp³-hybridized carbons (Fsp3) is 0.280. The standard InChI is InChI=1S/C25H27NO5/c1-3-4-8-24(31-20-13-14-23(17(2)15-20)30-16-25(28)29)22-7-5-6-21(26-22)18-9-11-19(27)12-10-18/h5-7,9-15,24,27H,3-4,8,16H2,1-2H3,(H,28,29). The van der Waals surface area contributed by atoms with Crippen LogP contribution >= 0.6 is 0 Å². The summed E-state index contributed by atoms with van der Waals surface area (Å²) >= 11 is 0. The average molecular weight is 421 g/mol. The number of carboxylic acids is 1. The molecule has 2 aromatic carbocycles. The molecule has 0 aliphatic carbocycles. The highest BCUT2D eigenvalue weighted by Gasteiger charge is 2.17. The summed E-state index contributed by atoms with van der Waals surface area (Å²) in [6.45, 7) is 3.61. The Morgan fingerprint density at radius 2 is 1.87 bits per heavy atom. The first kappa shape index (κ1) is 22.2. The van der Waals surface area contributed by atoms with E-state index in [1.54, 1.807) is 24.3 Å². The van der Waals surface area contributed by atoms with Crippen LogP contribution in [0.15, 0.2) is 60.7 Å². The van der Waals surface area contributed by atoms with E-state index in [4.69, 9.17) is 19.6 Å². The van der Waals surface area contributed by atoms with Crippen LogP contribution < -0.4 is 9.47 Å². The lowest BCUT2D eigenvalue weighted by Gasteiger charge is -2.20. The second-order valence-corrected chi connectivity index (χ2v) is 7.35. The number of carboxylic acid groups (broad SMARTS) is 1. The molecule has 1 aromatic heterocycles. The molecule has 3 rings (SSSR count). The van der Waals surface area contributed by atoms with E-state index in [1.165, 1.54) is 0 Å². The summed E-state index contributed by atoms with van der Waals surface area (Å²) in [6, 6.07) is 18.2. The maximum absolute atomic E-state index is 10.7. The van der Waals surface area contributed by atoms with Crippen molar-refractivity contribution in [1.82, 2.24) is 4.98 Å². The zero-order valence-corrected chi connectivity index (χ0v) is 17.7. The molecule has 2 N–H and O–H groups in total. The quantitative estimate of drug-likeness (QED) is 0.447. The van der Waals surface area contributed by atoms with Gasteiger partial charge in [0.05, 0.1) is 11.4 Å². The van der Waals surface area contributed by atoms with E-state index < -0.39 is 5.97 Å². The molecule has 0 amide bonds. The number of carbonyl (C=O) groups is 1. The van der Waals surface area contributed by atoms with E-state index in [1.807, 2.05) is 43.3 Å². The number of phenolic OH excluding ortho intramolecular Hbond substituents is 1. The number of pyridine rings is 1. The van der Waals surface area contributed by atoms with Gasteiger partial charge >= 0.3 is 5.97 Å². The number of benzene rings is 2. The highest BCUT2D eigenvalue weighted by molar-refractivity contribution is 5.68. The van der Waals surface area contributed by atoms with Gasteiger partial charge in [-0.15, -0.1) is 0 Å². The molecule has 6 nitrogen and oxygen atoms in total. The molecular weight excluding hydrogens is 394 g/mol. The number of aryl methyl sites for hydroxylation is 1. The van der Waals surface area contributed by atoms with Crippen LogP contribution in [0.2, 0.25) is 0 Å². The van der Waals surface area contributed by atoms with Crippen LogP contribution in [0.25, 0.3) is 11.3 Å². The monoisotopic (exact) mass is 421 g/mol. The molecule has 1 heterocycles. The molecule has 6 heteroatoms. The predicted octanol–water partition coefficient (Wildman–Crippen LogP) is 5.54. The molecule has 0 radical (unpaired) electrons. The molecule has 0 bridgehead atoms. The van der Waals surface area contributed by atoms with Crippen LogP contribution in [0.1, 0.15) is 43.5 Å². The Morgan fingerprint density at radius 3 is 2.55 bits per heavy atom. The first-order valence-electron chi connectivity index (χ1n) is 10.3. The number of aromatic nitrogens is 1. The summed E-state index contributed by atoms with van der Waals surface area (Å²) in [6.07, 6.45) is 2.63. The van der Waals surface area contributed by atoms with Gasteiger partial charge in [0.25, 0.3) is 0 Å². The molecule has 3 aromatic rings. The van der Waals surface area contributed by atoms with Crippen molar-refractivity contribution in [1.29, 1.82) is 0 Å². The summed E-state index contributed by atoms with van der Waals surface area (Å²) in [4.78, 5) is 15.5. The van der Waals surface area contributed by atoms with Crippen LogP contribution in [0, 0.1) is 6.92 Å². The molecule has 0 saturated carbocycles. The van der Waals surface area contributed by atoms with E-state index in [0.717, 1.165) is 41.8 Å². The average Bonchev–Trinajstić information content (AvgIpc) is 2.76. The second-order valence-electron chi connectivity index (χ2n) is 7.35. The fourth-order valence-corrected chi connectivity index (χ4v) is 3.24. The van der Waals surface area contributed by atoms with Gasteiger partial charge in [0.1, 0.15) is 23.4 Å². The molecule has 1 unspecified atom stereocenters. The van der Waals surface area contributed by atoms with E-state index >= 15 is 0 Å². The minimum absolute atomic E-state index is 0.218. The highest BCUT2D eigenvalue weighted by atomic mass is 16.5. The first-order valence-corrected chi connectivity index (χ1v) is 10.3. The van der Waals surface area contributed by atoms with Gasteiger partial charge in [0, 0.05) is 5.56 Å². The van der Waals surface area contributed by atoms with Crippen molar-refractivity contribution in [2.45, 2.75) is 39.2 Å². The summed E-state index contributed by atoms with van der Waals surface area (Å²) in [5.74, 6) is 0.402. The van der Waals surface area contributed by atoms with Crippen LogP contribution in [0.4, 0.5) is 0 Å². The molecule has 1 atom stereocenters. The molecule has 0 spiro atoms. The van der Waals surface area contributed by atoms with Gasteiger partial charge in [0.2, 0.25) is 0 Å². The highest BCUT2D eigenvalue weighted by Crippen LogP contribution is 2.30. The van der Waals surface area contributed by atoms with Crippen molar-refractivity contribution in [2.24, 2.45) is 0 Å². The number of aliphatic carboxylic acids is 1. The topological polar surface area (TPSA) is 88.9 Å². The van der Waals surface area contributed by atoms with E-state index in [2.05, 4.69) is 6.92 Å². The Labute approximate surface area is 182 Å². The maximum atomic E-state index is 10.7. The lowest BCUT2D eigenvalue weighted by Crippen LogP contribution is -2.11. The smallest absolute Gasteiger partial charge is 0.341 e. The van der Waals surface area contributed by atoms with Gasteiger partial charge in [0.15, 0.2) is 6.61 Å². The zero-order valence-electron chi connectivity index (χ0n) is 17.7. The number of ether oxygens (including phenoxy) is 2. The van der Waals surface area contributed by atoms with E-state index in [0.29, 0.717) is 11.5 Å². The SMILES string of the molecule is CCCCC(Oc1ccc(OCC(=O)O)c(C)c1)c1cccc(-c2ccc(O)cc2)n1. The number of hydrogen-bond acceptors (Lipinski definition) is 5. The molecule has 0 fully saturated rings. The largest absolute Gasteiger partial charge is 0.508 e. The fourth-order valence-electron chi connectivity index (χ4n) is 3.24. The number of aromatic hydroxyl groups is 1. The van der Waals surface area contributed by atoms with Crippen molar-refractivity contribution in [2.75, 3.05) is 6.61 Å². The lowest BCUT2D eigenvalue weighted by atomic mass is 10.1. The normalized spacial score (nSPS) is 11.7. The summed E-state index contributed by atoms with van der Waals surface area (Å²) in [5, 5.41) is 18.3. The van der Waals surface area contributed by atoms with Crippen LogP contribution in [-0.2, 0) is 4.79 Å². The van der Waals surface area contributed by atoms with Crippen molar-refractivity contribution in [3.05, 3.63) is 71.9 Å². The van der Waals surface area contributed by atoms with Gasteiger partial charge in [-0.05, 0) is 79.9 Å². The Bertz CT molecular complexity index is 1020. The molecule has 31 heavy (non-hydrogen) atoms. The number of unbranched alkanes of at least 4 members (excludes halogenated alkanes) is 1. The molecule has 162 valence electrons. The van der Waals surface area contributed by atoms with Crippen molar-refractivity contribution >= 4 is 5.97 Å². The van der Waals surface area contributed by atoms with E-state index in [-0.39, 0.29) is 18.5 Å². The minimum atomic E-state index is -1.01. The Hall–Kier alpha value is -3.54. The van der Waals surface area contributed by atoms with Crippen LogP contribution in [0.3, 0.4) is 0 Å². The summed E-state index contributed by atoms with van der Waals surface area (Å²) in [7, 11) is 0. The minimum Gasteiger partial charge on any atom is -0.508 e. The van der Waals surface area contributed by atoms with Crippen LogP contribution in [-0.4, -0.2) is 27.8 Å². The van der Waals surface area contributed by atoms with Crippen LogP contribution in [0.5, 0.6) is 17.2 Å². The lowest BCUT2D eigenvalue weighted by molar-refractivity contribution is -0.139. The number of rotatable bonds is 10. The van der Waals surface area contributed by atoms with E-state index in [9.17, 15) is 9.90 Å². The van der Waals surface area contributed by atoms with Gasteiger partial charge in [-0.3, -0.25) is 0 Å². The number of nitrogens with zero attached hydrogens (tertiary/aromatic N) is 1. The number of phenols is 1. The summed E-state index contributed by atoms with van der Waals surface area (Å²) in [5.41, 5.74) is 3.38. The third kappa shape index (κ3) is 6.22. The maximum Gasteiger partial charge on any atom is 0.341 e. The van der Waals surface area contributed by atoms with Gasteiger partial charge in [-0.25, -0.2) is 9.78 Å². The van der Waals surface area contributed by atoms with Gasteiger partial charge in [-0.1, -0.05) is 19.4 Å². The Kier molecular flexibility index (Phi) is 7.49. The zero-order chi connectivity index (χ0) is 22.2. The van der Waals surface area contributed by atoms with Crippen molar-refractivity contribution in [3.63, 3.8) is 0 Å². The van der Waals surface area contributed by atoms with Crippen molar-refractivity contribution in [3.8, 4) is 28.5 Å². The third-order valence-electron chi connectivity index (χ3n) is 4.86. The summed E-state index contributed by atoms with van der Waals surface area (Å²) < 4.78 is 11.6. The number of hydrogen-bond donors (Lipinski definition) is 2. The Morgan fingerprint density at radius 1 is 1.10 bits per heavy atom. The Balaban J connectivity index is 1.82.